The topological polar surface area (TPSA) is 49.3 Å². The largest absolute Gasteiger partial charge is 0.506 e. The molecule has 0 aliphatic rings. The minimum absolute atomic E-state index is 0.0155. The molecule has 0 saturated carbocycles. The molecular weight excluding hydrogens is 431 g/mol. The zero-order valence-corrected chi connectivity index (χ0v) is 13.9. The van der Waals surface area contributed by atoms with Crippen LogP contribution in [0.25, 0.3) is 0 Å². The number of phenolic OH excluding ortho intramolecular Hbond substituents is 1. The Balaban J connectivity index is 2.28. The van der Waals surface area contributed by atoms with Crippen LogP contribution in [0.2, 0.25) is 0 Å². The summed E-state index contributed by atoms with van der Waals surface area (Å²) in [7, 11) is 0. The molecule has 8 heteroatoms. The summed E-state index contributed by atoms with van der Waals surface area (Å²) in [4.78, 5) is 12.1. The quantitative estimate of drug-likeness (QED) is 0.677. The van der Waals surface area contributed by atoms with Gasteiger partial charge in [0.05, 0.1) is 15.6 Å². The maximum Gasteiger partial charge on any atom is 0.416 e. The van der Waals surface area contributed by atoms with Gasteiger partial charge in [-0.3, -0.25) is 4.79 Å². The number of anilines is 1. The second kappa shape index (κ2) is 6.29. The fraction of sp³-hybridized carbons (Fsp3) is 0.0714. The molecule has 1 amide bonds. The highest BCUT2D eigenvalue weighted by molar-refractivity contribution is 9.13. The molecule has 2 N–H and O–H groups in total. The van der Waals surface area contributed by atoms with Crippen molar-refractivity contribution in [3.05, 3.63) is 56.5 Å². The number of hydrogen-bond donors (Lipinski definition) is 2. The first-order valence-corrected chi connectivity index (χ1v) is 7.44. The summed E-state index contributed by atoms with van der Waals surface area (Å²) in [5.74, 6) is -1.02. The summed E-state index contributed by atoms with van der Waals surface area (Å²) in [6, 6.07) is 7.14. The molecule has 0 spiro atoms. The number of amides is 1. The van der Waals surface area contributed by atoms with Crippen molar-refractivity contribution in [1.29, 1.82) is 0 Å². The summed E-state index contributed by atoms with van der Waals surface area (Å²) < 4.78 is 38.7. The fourth-order valence-electron chi connectivity index (χ4n) is 1.69. The zero-order valence-electron chi connectivity index (χ0n) is 10.7. The van der Waals surface area contributed by atoms with Gasteiger partial charge in [-0.1, -0.05) is 6.07 Å². The fourth-order valence-corrected chi connectivity index (χ4v) is 2.36. The number of carbonyl (C=O) groups excluding carboxylic acids is 1. The van der Waals surface area contributed by atoms with Gasteiger partial charge >= 0.3 is 6.18 Å². The van der Waals surface area contributed by atoms with Gasteiger partial charge < -0.3 is 10.4 Å². The van der Waals surface area contributed by atoms with E-state index in [1.165, 1.54) is 24.3 Å². The lowest BCUT2D eigenvalue weighted by atomic mass is 10.1. The van der Waals surface area contributed by atoms with Crippen LogP contribution >= 0.6 is 31.9 Å². The van der Waals surface area contributed by atoms with Crippen molar-refractivity contribution in [3.63, 3.8) is 0 Å². The van der Waals surface area contributed by atoms with E-state index in [2.05, 4.69) is 37.2 Å². The lowest BCUT2D eigenvalue weighted by Crippen LogP contribution is -2.13. The molecule has 116 valence electrons. The average Bonchev–Trinajstić information content (AvgIpc) is 2.44. The zero-order chi connectivity index (χ0) is 16.5. The van der Waals surface area contributed by atoms with Gasteiger partial charge in [0.15, 0.2) is 0 Å². The third kappa shape index (κ3) is 3.61. The third-order valence-electron chi connectivity index (χ3n) is 2.76. The highest BCUT2D eigenvalue weighted by Crippen LogP contribution is 2.35. The van der Waals surface area contributed by atoms with Crippen molar-refractivity contribution < 1.29 is 23.1 Å². The first-order valence-electron chi connectivity index (χ1n) is 5.85. The molecule has 0 radical (unpaired) electrons. The van der Waals surface area contributed by atoms with Gasteiger partial charge in [-0.25, -0.2) is 0 Å². The third-order valence-corrected chi connectivity index (χ3v) is 4.76. The molecule has 0 aromatic heterocycles. The van der Waals surface area contributed by atoms with Crippen molar-refractivity contribution in [3.8, 4) is 5.75 Å². The highest BCUT2D eigenvalue weighted by atomic mass is 79.9. The van der Waals surface area contributed by atoms with Gasteiger partial charge in [-0.05, 0) is 62.2 Å². The highest BCUT2D eigenvalue weighted by Gasteiger charge is 2.30. The van der Waals surface area contributed by atoms with Crippen LogP contribution in [0.3, 0.4) is 0 Å². The predicted octanol–water partition coefficient (Wildman–Crippen LogP) is 5.19. The Morgan fingerprint density at radius 1 is 1.14 bits per heavy atom. The minimum Gasteiger partial charge on any atom is -0.506 e. The molecular formula is C14H8Br2F3NO2. The second-order valence-electron chi connectivity index (χ2n) is 4.29. The van der Waals surface area contributed by atoms with Gasteiger partial charge in [-0.2, -0.15) is 13.2 Å². The number of phenols is 1. The lowest BCUT2D eigenvalue weighted by molar-refractivity contribution is -0.137. The number of carbonyl (C=O) groups is 1. The van der Waals surface area contributed by atoms with Crippen LogP contribution < -0.4 is 5.32 Å². The molecule has 0 atom stereocenters. The van der Waals surface area contributed by atoms with Crippen molar-refractivity contribution in [1.82, 2.24) is 0 Å². The Morgan fingerprint density at radius 2 is 1.82 bits per heavy atom. The van der Waals surface area contributed by atoms with E-state index in [-0.39, 0.29) is 21.5 Å². The van der Waals surface area contributed by atoms with Gasteiger partial charge in [-0.15, -0.1) is 0 Å². The van der Waals surface area contributed by atoms with Crippen LogP contribution in [-0.4, -0.2) is 11.0 Å². The molecule has 0 unspecified atom stereocenters. The van der Waals surface area contributed by atoms with E-state index in [1.807, 2.05) is 0 Å². The molecule has 2 aromatic rings. The van der Waals surface area contributed by atoms with Crippen molar-refractivity contribution >= 4 is 43.5 Å². The minimum atomic E-state index is -4.50. The molecule has 2 rings (SSSR count). The molecule has 0 bridgehead atoms. The van der Waals surface area contributed by atoms with Crippen LogP contribution in [0.5, 0.6) is 5.75 Å². The van der Waals surface area contributed by atoms with Crippen molar-refractivity contribution in [2.45, 2.75) is 6.18 Å². The Kier molecular flexibility index (Phi) is 4.81. The van der Waals surface area contributed by atoms with E-state index in [4.69, 9.17) is 0 Å². The maximum absolute atomic E-state index is 12.6. The van der Waals surface area contributed by atoms with Crippen molar-refractivity contribution in [2.24, 2.45) is 0 Å². The van der Waals surface area contributed by atoms with Crippen LogP contribution in [0.1, 0.15) is 15.9 Å². The number of nitrogens with one attached hydrogen (secondary N) is 1. The molecule has 22 heavy (non-hydrogen) atoms. The molecule has 0 aliphatic heterocycles. The Labute approximate surface area is 140 Å². The van der Waals surface area contributed by atoms with Crippen molar-refractivity contribution in [2.75, 3.05) is 5.32 Å². The number of rotatable bonds is 2. The number of hydrogen-bond acceptors (Lipinski definition) is 2. The molecule has 3 nitrogen and oxygen atoms in total. The first kappa shape index (κ1) is 16.8. The van der Waals surface area contributed by atoms with Gasteiger partial charge in [0, 0.05) is 10.2 Å². The van der Waals surface area contributed by atoms with Crippen LogP contribution in [0.15, 0.2) is 45.3 Å². The lowest BCUT2D eigenvalue weighted by Gasteiger charge is -2.11. The van der Waals surface area contributed by atoms with E-state index in [9.17, 15) is 23.1 Å². The smallest absolute Gasteiger partial charge is 0.416 e. The number of alkyl halides is 3. The van der Waals surface area contributed by atoms with E-state index < -0.39 is 17.6 Å². The van der Waals surface area contributed by atoms with Crippen LogP contribution in [0, 0.1) is 0 Å². The summed E-state index contributed by atoms with van der Waals surface area (Å²) in [6.07, 6.45) is -4.50. The van der Waals surface area contributed by atoms with E-state index in [1.54, 1.807) is 0 Å². The standard InChI is InChI=1S/C14H8Br2F3NO2/c15-10-5-4-9(12(21)11(10)16)13(22)20-8-3-1-2-7(6-8)14(17,18)19/h1-6,21H,(H,20,22). The summed E-state index contributed by atoms with van der Waals surface area (Å²) in [5, 5.41) is 12.2. The molecule has 0 saturated heterocycles. The molecule has 0 heterocycles. The molecule has 2 aromatic carbocycles. The monoisotopic (exact) mass is 437 g/mol. The first-order chi connectivity index (χ1) is 10.2. The normalized spacial score (nSPS) is 11.3. The van der Waals surface area contributed by atoms with E-state index in [0.29, 0.717) is 4.47 Å². The van der Waals surface area contributed by atoms with Crippen LogP contribution in [0.4, 0.5) is 18.9 Å². The van der Waals surface area contributed by atoms with E-state index in [0.717, 1.165) is 12.1 Å². The summed E-state index contributed by atoms with van der Waals surface area (Å²) in [6.45, 7) is 0. The van der Waals surface area contributed by atoms with Crippen LogP contribution in [-0.2, 0) is 6.18 Å². The molecule has 0 fully saturated rings. The Morgan fingerprint density at radius 3 is 2.45 bits per heavy atom. The van der Waals surface area contributed by atoms with Gasteiger partial charge in [0.2, 0.25) is 0 Å². The number of benzene rings is 2. The second-order valence-corrected chi connectivity index (χ2v) is 5.94. The van der Waals surface area contributed by atoms with Gasteiger partial charge in [0.25, 0.3) is 5.91 Å². The molecule has 0 aliphatic carbocycles. The van der Waals surface area contributed by atoms with E-state index >= 15 is 0 Å². The Bertz CT molecular complexity index is 733. The summed E-state index contributed by atoms with van der Waals surface area (Å²) >= 11 is 6.26. The maximum atomic E-state index is 12.6. The van der Waals surface area contributed by atoms with Gasteiger partial charge in [0.1, 0.15) is 5.75 Å². The SMILES string of the molecule is O=C(Nc1cccc(C(F)(F)F)c1)c1ccc(Br)c(Br)c1O. The average molecular weight is 439 g/mol. The summed E-state index contributed by atoms with van der Waals surface area (Å²) in [5.41, 5.74) is -0.947. The Hall–Kier alpha value is -1.54. The number of halogens is 5. The predicted molar refractivity (Wildman–Crippen MR) is 82.9 cm³/mol. The number of aromatic hydroxyl groups is 1.